The molecule has 128 valence electrons. The molecule has 25 heavy (non-hydrogen) atoms. The number of benzene rings is 1. The summed E-state index contributed by atoms with van der Waals surface area (Å²) in [5.74, 6) is -0.688. The van der Waals surface area contributed by atoms with E-state index in [-0.39, 0.29) is 30.8 Å². The minimum atomic E-state index is -0.481. The molecule has 1 atom stereocenters. The molecule has 0 saturated carbocycles. The molecule has 2 amide bonds. The van der Waals surface area contributed by atoms with Gasteiger partial charge < -0.3 is 9.64 Å². The number of hydrogen-bond donors (Lipinski definition) is 0. The van der Waals surface area contributed by atoms with Crippen molar-refractivity contribution in [3.05, 3.63) is 53.9 Å². The molecule has 0 radical (unpaired) electrons. The van der Waals surface area contributed by atoms with Crippen molar-refractivity contribution in [3.8, 4) is 0 Å². The molecular formula is C17H15FN4O3. The maximum Gasteiger partial charge on any atom is 0.414 e. The topological polar surface area (TPSA) is 75.6 Å². The Morgan fingerprint density at radius 3 is 3.00 bits per heavy atom. The van der Waals surface area contributed by atoms with Crippen molar-refractivity contribution in [3.63, 3.8) is 0 Å². The van der Waals surface area contributed by atoms with Crippen molar-refractivity contribution in [1.29, 1.82) is 0 Å². The van der Waals surface area contributed by atoms with Crippen LogP contribution in [0.15, 0.2) is 36.8 Å². The van der Waals surface area contributed by atoms with Crippen LogP contribution in [0, 0.1) is 5.82 Å². The van der Waals surface area contributed by atoms with E-state index in [4.69, 9.17) is 4.74 Å². The van der Waals surface area contributed by atoms with E-state index in [1.54, 1.807) is 11.0 Å². The highest BCUT2D eigenvalue weighted by Crippen LogP contribution is 2.32. The molecule has 0 aliphatic carbocycles. The summed E-state index contributed by atoms with van der Waals surface area (Å²) in [5.41, 5.74) is 1.38. The largest absolute Gasteiger partial charge is 0.447 e. The summed E-state index contributed by atoms with van der Waals surface area (Å²) in [6.45, 7) is 0.910. The zero-order valence-corrected chi connectivity index (χ0v) is 13.3. The fourth-order valence-corrected chi connectivity index (χ4v) is 3.20. The average Bonchev–Trinajstić information content (AvgIpc) is 2.98. The lowest BCUT2D eigenvalue weighted by molar-refractivity contribution is 0.0728. The smallest absolute Gasteiger partial charge is 0.414 e. The third-order valence-electron chi connectivity index (χ3n) is 4.43. The van der Waals surface area contributed by atoms with Crippen LogP contribution in [-0.4, -0.2) is 46.1 Å². The van der Waals surface area contributed by atoms with Crippen molar-refractivity contribution in [2.75, 3.05) is 18.1 Å². The molecule has 2 aliphatic rings. The maximum absolute atomic E-state index is 13.8. The van der Waals surface area contributed by atoms with Gasteiger partial charge in [-0.1, -0.05) is 6.07 Å². The van der Waals surface area contributed by atoms with Crippen LogP contribution in [-0.2, 0) is 11.3 Å². The molecule has 0 unspecified atom stereocenters. The molecule has 2 aromatic rings. The van der Waals surface area contributed by atoms with E-state index in [0.29, 0.717) is 24.2 Å². The van der Waals surface area contributed by atoms with Crippen molar-refractivity contribution < 1.29 is 18.7 Å². The van der Waals surface area contributed by atoms with Crippen molar-refractivity contribution in [1.82, 2.24) is 14.9 Å². The number of carbonyl (C=O) groups excluding carboxylic acids is 2. The molecule has 2 aliphatic heterocycles. The van der Waals surface area contributed by atoms with Crippen LogP contribution < -0.4 is 4.90 Å². The number of fused-ring (bicyclic) bond motifs is 3. The number of ether oxygens (including phenoxy) is 1. The van der Waals surface area contributed by atoms with E-state index in [1.807, 2.05) is 0 Å². The fourth-order valence-electron chi connectivity index (χ4n) is 3.20. The number of carbonyl (C=O) groups is 2. The van der Waals surface area contributed by atoms with Gasteiger partial charge in [0.15, 0.2) is 0 Å². The number of aromatic nitrogens is 2. The third-order valence-corrected chi connectivity index (χ3v) is 4.43. The number of hydrogen-bond acceptors (Lipinski definition) is 5. The van der Waals surface area contributed by atoms with E-state index in [1.165, 1.54) is 35.6 Å². The molecule has 1 aromatic carbocycles. The summed E-state index contributed by atoms with van der Waals surface area (Å²) in [4.78, 5) is 35.9. The van der Waals surface area contributed by atoms with Crippen LogP contribution in [0.3, 0.4) is 0 Å². The second-order valence-electron chi connectivity index (χ2n) is 5.98. The van der Waals surface area contributed by atoms with E-state index < -0.39 is 11.9 Å². The van der Waals surface area contributed by atoms with E-state index in [9.17, 15) is 14.0 Å². The summed E-state index contributed by atoms with van der Waals surface area (Å²) < 4.78 is 18.9. The predicted molar refractivity (Wildman–Crippen MR) is 85.4 cm³/mol. The van der Waals surface area contributed by atoms with E-state index in [2.05, 4.69) is 9.97 Å². The molecular weight excluding hydrogens is 327 g/mol. The third kappa shape index (κ3) is 2.79. The van der Waals surface area contributed by atoms with Crippen molar-refractivity contribution in [2.24, 2.45) is 0 Å². The fraction of sp³-hybridized carbons (Fsp3) is 0.294. The highest BCUT2D eigenvalue weighted by atomic mass is 19.1. The molecule has 3 heterocycles. The standard InChI is InChI=1S/C17H15FN4O3/c18-12-2-1-11-9-21(16(23)14-8-19-4-5-20-14)6-3-13-10-25-17(24)22(13)15(11)7-12/h1-2,4-5,7-8,13H,3,6,9-10H2/t13-/m0/s1. The minimum absolute atomic E-state index is 0.224. The van der Waals surface area contributed by atoms with Gasteiger partial charge in [0.05, 0.1) is 17.9 Å². The van der Waals surface area contributed by atoms with Crippen LogP contribution in [0.4, 0.5) is 14.9 Å². The second kappa shape index (κ2) is 6.12. The Balaban J connectivity index is 1.72. The highest BCUT2D eigenvalue weighted by molar-refractivity contribution is 5.93. The van der Waals surface area contributed by atoms with Crippen LogP contribution >= 0.6 is 0 Å². The molecule has 1 saturated heterocycles. The number of halogens is 1. The summed E-state index contributed by atoms with van der Waals surface area (Å²) in [6, 6.07) is 3.99. The zero-order chi connectivity index (χ0) is 17.4. The zero-order valence-electron chi connectivity index (χ0n) is 13.3. The van der Waals surface area contributed by atoms with Crippen LogP contribution in [0.2, 0.25) is 0 Å². The van der Waals surface area contributed by atoms with Crippen LogP contribution in [0.25, 0.3) is 0 Å². The van der Waals surface area contributed by atoms with Crippen LogP contribution in [0.1, 0.15) is 22.5 Å². The SMILES string of the molecule is O=C(c1cnccn1)N1CC[C@H]2COC(=O)N2c2cc(F)ccc2C1. The Kier molecular flexibility index (Phi) is 3.79. The van der Waals surface area contributed by atoms with Crippen LogP contribution in [0.5, 0.6) is 0 Å². The van der Waals surface area contributed by atoms with Gasteiger partial charge in [-0.3, -0.25) is 14.7 Å². The molecule has 1 fully saturated rings. The lowest BCUT2D eigenvalue weighted by atomic mass is 10.0. The van der Waals surface area contributed by atoms with E-state index >= 15 is 0 Å². The normalized spacial score (nSPS) is 19.6. The summed E-state index contributed by atoms with van der Waals surface area (Å²) in [6.07, 6.45) is 4.44. The average molecular weight is 342 g/mol. The number of rotatable bonds is 1. The lowest BCUT2D eigenvalue weighted by Crippen LogP contribution is -2.42. The molecule has 8 heteroatoms. The Morgan fingerprint density at radius 2 is 2.20 bits per heavy atom. The minimum Gasteiger partial charge on any atom is -0.447 e. The molecule has 4 rings (SSSR count). The first-order valence-electron chi connectivity index (χ1n) is 7.93. The monoisotopic (exact) mass is 342 g/mol. The first-order valence-corrected chi connectivity index (χ1v) is 7.93. The van der Waals surface area contributed by atoms with Gasteiger partial charge >= 0.3 is 6.09 Å². The van der Waals surface area contributed by atoms with E-state index in [0.717, 1.165) is 0 Å². The van der Waals surface area contributed by atoms with Gasteiger partial charge in [0, 0.05) is 25.5 Å². The molecule has 0 N–H and O–H groups in total. The number of nitrogens with zero attached hydrogens (tertiary/aromatic N) is 4. The highest BCUT2D eigenvalue weighted by Gasteiger charge is 2.38. The van der Waals surface area contributed by atoms with Gasteiger partial charge in [-0.05, 0) is 24.1 Å². The summed E-state index contributed by atoms with van der Waals surface area (Å²) in [7, 11) is 0. The van der Waals surface area contributed by atoms with Gasteiger partial charge in [0.2, 0.25) is 0 Å². The van der Waals surface area contributed by atoms with Gasteiger partial charge in [-0.25, -0.2) is 14.2 Å². The summed E-state index contributed by atoms with van der Waals surface area (Å²) in [5, 5.41) is 0. The Labute approximate surface area is 143 Å². The van der Waals surface area contributed by atoms with Gasteiger partial charge in [-0.2, -0.15) is 0 Å². The number of cyclic esters (lactones) is 1. The molecule has 0 spiro atoms. The lowest BCUT2D eigenvalue weighted by Gasteiger charge is -2.32. The quantitative estimate of drug-likeness (QED) is 0.792. The first kappa shape index (κ1) is 15.5. The number of amides is 2. The Morgan fingerprint density at radius 1 is 1.32 bits per heavy atom. The Bertz CT molecular complexity index is 830. The summed E-state index contributed by atoms with van der Waals surface area (Å²) >= 11 is 0. The van der Waals surface area contributed by atoms with Gasteiger partial charge in [-0.15, -0.1) is 0 Å². The van der Waals surface area contributed by atoms with Crippen molar-refractivity contribution >= 4 is 17.7 Å². The molecule has 7 nitrogen and oxygen atoms in total. The predicted octanol–water partition coefficient (Wildman–Crippen LogP) is 1.99. The van der Waals surface area contributed by atoms with Crippen molar-refractivity contribution in [2.45, 2.75) is 19.0 Å². The Hall–Kier alpha value is -3.03. The molecule has 1 aromatic heterocycles. The number of anilines is 1. The van der Waals surface area contributed by atoms with Gasteiger partial charge in [0.1, 0.15) is 18.1 Å². The van der Waals surface area contributed by atoms with Gasteiger partial charge in [0.25, 0.3) is 5.91 Å². The maximum atomic E-state index is 13.8. The second-order valence-corrected chi connectivity index (χ2v) is 5.98. The molecule has 0 bridgehead atoms. The first-order chi connectivity index (χ1) is 12.1.